The molecule has 0 aromatic heterocycles. The second kappa shape index (κ2) is 7.04. The Bertz CT molecular complexity index is 340. The molecule has 0 bridgehead atoms. The van der Waals surface area contributed by atoms with E-state index in [1.807, 2.05) is 30.3 Å². The monoisotopic (exact) mass is 236 g/mol. The van der Waals surface area contributed by atoms with Crippen molar-refractivity contribution in [1.82, 2.24) is 4.90 Å². The largest absolute Gasteiger partial charge is 0.395 e. The summed E-state index contributed by atoms with van der Waals surface area (Å²) in [5.74, 6) is -0.394. The lowest BCUT2D eigenvalue weighted by molar-refractivity contribution is -0.137. The van der Waals surface area contributed by atoms with Gasteiger partial charge in [-0.25, -0.2) is 0 Å². The van der Waals surface area contributed by atoms with Crippen LogP contribution in [0, 0.1) is 6.42 Å². The van der Waals surface area contributed by atoms with Crippen LogP contribution in [0.15, 0.2) is 30.3 Å². The summed E-state index contributed by atoms with van der Waals surface area (Å²) >= 11 is 0. The molecule has 17 heavy (non-hydrogen) atoms. The molecular formula is C13H18NO3. The third-order valence-corrected chi connectivity index (χ3v) is 2.48. The van der Waals surface area contributed by atoms with Gasteiger partial charge in [0.2, 0.25) is 0 Å². The summed E-state index contributed by atoms with van der Waals surface area (Å²) in [5, 5.41) is 18.3. The van der Waals surface area contributed by atoms with Crippen LogP contribution in [0.25, 0.3) is 0 Å². The number of carbonyl (C=O) groups excluding carboxylic acids is 1. The number of carbonyl (C=O) groups is 1. The highest BCUT2D eigenvalue weighted by molar-refractivity contribution is 5.81. The minimum absolute atomic E-state index is 0.104. The van der Waals surface area contributed by atoms with Gasteiger partial charge in [0.1, 0.15) is 6.10 Å². The first-order valence-corrected chi connectivity index (χ1v) is 5.56. The van der Waals surface area contributed by atoms with Crippen molar-refractivity contribution in [3.63, 3.8) is 0 Å². The molecule has 4 heteroatoms. The molecule has 1 atom stereocenters. The van der Waals surface area contributed by atoms with Gasteiger partial charge >= 0.3 is 0 Å². The summed E-state index contributed by atoms with van der Waals surface area (Å²) in [4.78, 5) is 12.9. The Morgan fingerprint density at radius 2 is 2.06 bits per heavy atom. The zero-order valence-corrected chi connectivity index (χ0v) is 9.91. The van der Waals surface area contributed by atoms with Gasteiger partial charge in [-0.05, 0) is 12.0 Å². The molecule has 1 aromatic rings. The molecule has 0 saturated carbocycles. The van der Waals surface area contributed by atoms with Crippen molar-refractivity contribution in [3.05, 3.63) is 42.3 Å². The van der Waals surface area contributed by atoms with Crippen LogP contribution in [0.3, 0.4) is 0 Å². The normalized spacial score (nSPS) is 12.2. The van der Waals surface area contributed by atoms with Crippen LogP contribution in [-0.4, -0.2) is 47.3 Å². The van der Waals surface area contributed by atoms with Gasteiger partial charge in [0.25, 0.3) is 5.91 Å². The van der Waals surface area contributed by atoms with E-state index < -0.39 is 12.0 Å². The van der Waals surface area contributed by atoms with Gasteiger partial charge in [-0.1, -0.05) is 30.3 Å². The Kier molecular flexibility index (Phi) is 5.66. The first kappa shape index (κ1) is 13.7. The van der Waals surface area contributed by atoms with Gasteiger partial charge in [0.15, 0.2) is 0 Å². The Hall–Kier alpha value is -1.39. The second-order valence-electron chi connectivity index (χ2n) is 3.85. The van der Waals surface area contributed by atoms with Gasteiger partial charge in [0, 0.05) is 20.0 Å². The van der Waals surface area contributed by atoms with Crippen molar-refractivity contribution in [2.45, 2.75) is 12.5 Å². The average Bonchev–Trinajstić information content (AvgIpc) is 2.36. The molecule has 4 nitrogen and oxygen atoms in total. The predicted octanol–water partition coefficient (Wildman–Crippen LogP) is 0.245. The quantitative estimate of drug-likeness (QED) is 0.744. The number of hydrogen-bond donors (Lipinski definition) is 2. The minimum atomic E-state index is -1.12. The van der Waals surface area contributed by atoms with Crippen molar-refractivity contribution in [3.8, 4) is 0 Å². The standard InChI is InChI=1S/C13H18NO3/c1-14(9-10-15)13(17)12(16)8-7-11-5-3-2-4-6-11/h2-6,8,12,15-16H,7,9-10H2,1H3/t12-/m0/s1. The van der Waals surface area contributed by atoms with Crippen LogP contribution in [0.5, 0.6) is 0 Å². The third kappa shape index (κ3) is 4.54. The number of rotatable bonds is 6. The van der Waals surface area contributed by atoms with E-state index in [1.165, 1.54) is 4.90 Å². The molecule has 2 N–H and O–H groups in total. The summed E-state index contributed by atoms with van der Waals surface area (Å²) < 4.78 is 0. The van der Waals surface area contributed by atoms with E-state index >= 15 is 0 Å². The lowest BCUT2D eigenvalue weighted by Crippen LogP contribution is -2.38. The molecule has 1 amide bonds. The SMILES string of the molecule is CN(CCO)C(=O)[C@@H](O)[CH]Cc1ccccc1. The van der Waals surface area contributed by atoms with Crippen molar-refractivity contribution in [2.75, 3.05) is 20.2 Å². The first-order valence-electron chi connectivity index (χ1n) is 5.56. The minimum Gasteiger partial charge on any atom is -0.395 e. The van der Waals surface area contributed by atoms with Gasteiger partial charge in [-0.2, -0.15) is 0 Å². The molecular weight excluding hydrogens is 218 g/mol. The molecule has 0 aliphatic carbocycles. The zero-order chi connectivity index (χ0) is 12.7. The molecule has 0 aliphatic heterocycles. The summed E-state index contributed by atoms with van der Waals surface area (Å²) in [6.45, 7) is 0.128. The van der Waals surface area contributed by atoms with Crippen LogP contribution in [0.1, 0.15) is 5.56 Å². The number of amides is 1. The number of aliphatic hydroxyl groups excluding tert-OH is 2. The maximum atomic E-state index is 11.6. The van der Waals surface area contributed by atoms with E-state index in [0.717, 1.165) is 5.56 Å². The first-order chi connectivity index (χ1) is 8.15. The lowest BCUT2D eigenvalue weighted by atomic mass is 10.1. The van der Waals surface area contributed by atoms with Gasteiger partial charge in [-0.3, -0.25) is 4.79 Å². The molecule has 1 rings (SSSR count). The summed E-state index contributed by atoms with van der Waals surface area (Å²) in [5.41, 5.74) is 1.05. The fourth-order valence-corrected chi connectivity index (χ4v) is 1.45. The van der Waals surface area contributed by atoms with Crippen molar-refractivity contribution < 1.29 is 15.0 Å². The molecule has 0 unspecified atom stereocenters. The van der Waals surface area contributed by atoms with E-state index in [1.54, 1.807) is 13.5 Å². The van der Waals surface area contributed by atoms with E-state index in [2.05, 4.69) is 0 Å². The summed E-state index contributed by atoms with van der Waals surface area (Å²) in [6.07, 6.45) is 0.985. The Balaban J connectivity index is 2.39. The third-order valence-electron chi connectivity index (χ3n) is 2.48. The molecule has 0 spiro atoms. The van der Waals surface area contributed by atoms with Crippen molar-refractivity contribution >= 4 is 5.91 Å². The van der Waals surface area contributed by atoms with Crippen LogP contribution in [0.4, 0.5) is 0 Å². The van der Waals surface area contributed by atoms with E-state index in [4.69, 9.17) is 5.11 Å². The Morgan fingerprint density at radius 3 is 2.65 bits per heavy atom. The van der Waals surface area contributed by atoms with Crippen molar-refractivity contribution in [1.29, 1.82) is 0 Å². The van der Waals surface area contributed by atoms with Crippen LogP contribution >= 0.6 is 0 Å². The smallest absolute Gasteiger partial charge is 0.251 e. The Labute approximate surface area is 101 Å². The maximum Gasteiger partial charge on any atom is 0.251 e. The molecule has 1 aromatic carbocycles. The molecule has 93 valence electrons. The van der Waals surface area contributed by atoms with Crippen LogP contribution < -0.4 is 0 Å². The van der Waals surface area contributed by atoms with Gasteiger partial charge in [-0.15, -0.1) is 0 Å². The summed E-state index contributed by atoms with van der Waals surface area (Å²) in [7, 11) is 1.55. The topological polar surface area (TPSA) is 60.8 Å². The highest BCUT2D eigenvalue weighted by Crippen LogP contribution is 2.05. The fraction of sp³-hybridized carbons (Fsp3) is 0.385. The number of nitrogens with zero attached hydrogens (tertiary/aromatic N) is 1. The fourth-order valence-electron chi connectivity index (χ4n) is 1.45. The molecule has 0 saturated heterocycles. The highest BCUT2D eigenvalue weighted by atomic mass is 16.3. The average molecular weight is 236 g/mol. The summed E-state index contributed by atoms with van der Waals surface area (Å²) in [6, 6.07) is 9.61. The number of hydrogen-bond acceptors (Lipinski definition) is 3. The number of benzene rings is 1. The molecule has 1 radical (unpaired) electrons. The molecule has 0 aliphatic rings. The van der Waals surface area contributed by atoms with Crippen molar-refractivity contribution in [2.24, 2.45) is 0 Å². The molecule has 0 heterocycles. The Morgan fingerprint density at radius 1 is 1.41 bits per heavy atom. The second-order valence-corrected chi connectivity index (χ2v) is 3.85. The predicted molar refractivity (Wildman–Crippen MR) is 65.2 cm³/mol. The van der Waals surface area contributed by atoms with E-state index in [0.29, 0.717) is 6.42 Å². The van der Waals surface area contributed by atoms with Gasteiger partial charge in [0.05, 0.1) is 6.61 Å². The maximum absolute atomic E-state index is 11.6. The highest BCUT2D eigenvalue weighted by Gasteiger charge is 2.18. The van der Waals surface area contributed by atoms with Gasteiger partial charge < -0.3 is 15.1 Å². The lowest BCUT2D eigenvalue weighted by Gasteiger charge is -2.19. The number of likely N-dealkylation sites (N-methyl/N-ethyl adjacent to an activating group) is 1. The van der Waals surface area contributed by atoms with Crippen LogP contribution in [0.2, 0.25) is 0 Å². The number of aliphatic hydroxyl groups is 2. The van der Waals surface area contributed by atoms with Crippen LogP contribution in [-0.2, 0) is 11.2 Å². The van der Waals surface area contributed by atoms with E-state index in [9.17, 15) is 9.90 Å². The molecule has 0 fully saturated rings. The zero-order valence-electron chi connectivity index (χ0n) is 9.91. The van der Waals surface area contributed by atoms with E-state index in [-0.39, 0.29) is 13.2 Å².